The molecule has 5 nitrogen and oxygen atoms in total. The van der Waals surface area contributed by atoms with Crippen molar-refractivity contribution in [3.63, 3.8) is 0 Å². The van der Waals surface area contributed by atoms with Crippen LogP contribution >= 0.6 is 0 Å². The first-order chi connectivity index (χ1) is 9.25. The van der Waals surface area contributed by atoms with Gasteiger partial charge >= 0.3 is 0 Å². The van der Waals surface area contributed by atoms with Crippen LogP contribution in [0.1, 0.15) is 32.0 Å². The second-order valence-corrected chi connectivity index (χ2v) is 5.65. The number of hydrogen-bond acceptors (Lipinski definition) is 3. The maximum atomic E-state index is 12.9. The van der Waals surface area contributed by atoms with Crippen LogP contribution in [-0.2, 0) is 17.9 Å². The van der Waals surface area contributed by atoms with Crippen LogP contribution in [0.25, 0.3) is 0 Å². The van der Waals surface area contributed by atoms with Gasteiger partial charge in [-0.2, -0.15) is 0 Å². The Kier molecular flexibility index (Phi) is 3.31. The number of nitrogens with one attached hydrogen (secondary N) is 1. The van der Waals surface area contributed by atoms with E-state index in [0.29, 0.717) is 12.5 Å². The Balaban J connectivity index is 1.77. The van der Waals surface area contributed by atoms with E-state index in [2.05, 4.69) is 21.8 Å². The van der Waals surface area contributed by atoms with Gasteiger partial charge in [0.05, 0.1) is 12.0 Å². The second-order valence-electron chi connectivity index (χ2n) is 5.65. The number of carbonyl (C=O) groups excluding carboxylic acids is 1. The van der Waals surface area contributed by atoms with Crippen LogP contribution in [0.4, 0.5) is 0 Å². The summed E-state index contributed by atoms with van der Waals surface area (Å²) in [5.74, 6) is 1.35. The number of piperidine rings is 1. The Bertz CT molecular complexity index is 462. The molecule has 5 heteroatoms. The van der Waals surface area contributed by atoms with Crippen molar-refractivity contribution in [1.29, 1.82) is 0 Å². The van der Waals surface area contributed by atoms with E-state index in [4.69, 9.17) is 0 Å². The van der Waals surface area contributed by atoms with Crippen LogP contribution in [0.15, 0.2) is 12.4 Å². The van der Waals surface area contributed by atoms with E-state index in [1.807, 2.05) is 17.3 Å². The summed E-state index contributed by atoms with van der Waals surface area (Å²) < 4.78 is 2.14. The number of aromatic nitrogens is 2. The topological polar surface area (TPSA) is 50.2 Å². The molecule has 1 saturated heterocycles. The third-order valence-electron chi connectivity index (χ3n) is 4.72. The average molecular weight is 262 g/mol. The van der Waals surface area contributed by atoms with Gasteiger partial charge in [-0.05, 0) is 32.4 Å². The van der Waals surface area contributed by atoms with E-state index in [9.17, 15) is 4.79 Å². The molecule has 2 aliphatic heterocycles. The first-order valence-electron chi connectivity index (χ1n) is 7.25. The summed E-state index contributed by atoms with van der Waals surface area (Å²) in [5, 5.41) is 3.36. The quantitative estimate of drug-likeness (QED) is 0.865. The molecule has 1 N–H and O–H groups in total. The van der Waals surface area contributed by atoms with Crippen LogP contribution in [0.5, 0.6) is 0 Å². The number of imidazole rings is 1. The van der Waals surface area contributed by atoms with Gasteiger partial charge in [-0.3, -0.25) is 4.79 Å². The molecule has 1 aromatic rings. The van der Waals surface area contributed by atoms with Crippen molar-refractivity contribution < 1.29 is 4.79 Å². The summed E-state index contributed by atoms with van der Waals surface area (Å²) >= 11 is 0. The van der Waals surface area contributed by atoms with Crippen LogP contribution in [0, 0.1) is 5.41 Å². The van der Waals surface area contributed by atoms with E-state index in [-0.39, 0.29) is 5.41 Å². The Hall–Kier alpha value is -1.36. The minimum absolute atomic E-state index is 0.139. The summed E-state index contributed by atoms with van der Waals surface area (Å²) in [5.41, 5.74) is -0.139. The zero-order valence-electron chi connectivity index (χ0n) is 11.6. The lowest BCUT2D eigenvalue weighted by atomic mass is 9.75. The number of carbonyl (C=O) groups is 1. The van der Waals surface area contributed by atoms with Crippen LogP contribution in [0.2, 0.25) is 0 Å². The van der Waals surface area contributed by atoms with Gasteiger partial charge in [0, 0.05) is 25.5 Å². The number of amides is 1. The van der Waals surface area contributed by atoms with Gasteiger partial charge in [0.15, 0.2) is 0 Å². The van der Waals surface area contributed by atoms with Crippen molar-refractivity contribution in [1.82, 2.24) is 19.8 Å². The van der Waals surface area contributed by atoms with Crippen molar-refractivity contribution >= 4 is 5.91 Å². The molecule has 0 bridgehead atoms. The van der Waals surface area contributed by atoms with E-state index >= 15 is 0 Å². The number of hydrogen-bond donors (Lipinski definition) is 1. The van der Waals surface area contributed by atoms with Crippen molar-refractivity contribution in [3.05, 3.63) is 18.2 Å². The Morgan fingerprint density at radius 1 is 1.42 bits per heavy atom. The highest BCUT2D eigenvalue weighted by Crippen LogP contribution is 2.35. The molecule has 0 unspecified atom stereocenters. The van der Waals surface area contributed by atoms with E-state index < -0.39 is 0 Å². The molecule has 0 saturated carbocycles. The highest BCUT2D eigenvalue weighted by Gasteiger charge is 2.41. The van der Waals surface area contributed by atoms with E-state index in [1.54, 1.807) is 0 Å². The lowest BCUT2D eigenvalue weighted by Crippen LogP contribution is -2.50. The molecule has 3 heterocycles. The van der Waals surface area contributed by atoms with Gasteiger partial charge in [-0.25, -0.2) is 4.98 Å². The fourth-order valence-corrected chi connectivity index (χ4v) is 3.31. The molecule has 0 atom stereocenters. The average Bonchev–Trinajstić information content (AvgIpc) is 2.94. The van der Waals surface area contributed by atoms with Gasteiger partial charge in [-0.1, -0.05) is 6.92 Å². The van der Waals surface area contributed by atoms with Gasteiger partial charge in [0.2, 0.25) is 5.91 Å². The summed E-state index contributed by atoms with van der Waals surface area (Å²) in [6, 6.07) is 0. The number of fused-ring (bicyclic) bond motifs is 1. The van der Waals surface area contributed by atoms with Crippen molar-refractivity contribution in [3.8, 4) is 0 Å². The first-order valence-corrected chi connectivity index (χ1v) is 7.25. The van der Waals surface area contributed by atoms with Crippen molar-refractivity contribution in [2.75, 3.05) is 19.6 Å². The highest BCUT2D eigenvalue weighted by molar-refractivity contribution is 5.83. The molecule has 0 spiro atoms. The molecule has 3 rings (SSSR count). The maximum Gasteiger partial charge on any atom is 0.229 e. The fraction of sp³-hybridized carbons (Fsp3) is 0.714. The smallest absolute Gasteiger partial charge is 0.229 e. The molecule has 1 amide bonds. The Morgan fingerprint density at radius 3 is 2.95 bits per heavy atom. The lowest BCUT2D eigenvalue weighted by Gasteiger charge is -2.40. The predicted molar refractivity (Wildman–Crippen MR) is 72.5 cm³/mol. The monoisotopic (exact) mass is 262 g/mol. The zero-order valence-corrected chi connectivity index (χ0v) is 11.6. The van der Waals surface area contributed by atoms with Crippen LogP contribution in [-0.4, -0.2) is 40.0 Å². The molecule has 0 aromatic carbocycles. The number of nitrogens with zero attached hydrogens (tertiary/aromatic N) is 3. The third kappa shape index (κ3) is 2.16. The van der Waals surface area contributed by atoms with E-state index in [0.717, 1.165) is 51.3 Å². The molecule has 104 valence electrons. The molecule has 1 fully saturated rings. The minimum atomic E-state index is -0.139. The zero-order chi connectivity index (χ0) is 13.3. The summed E-state index contributed by atoms with van der Waals surface area (Å²) in [6.07, 6.45) is 6.69. The molecule has 0 aliphatic carbocycles. The number of rotatable bonds is 2. The second kappa shape index (κ2) is 4.96. The molecular weight excluding hydrogens is 240 g/mol. The Labute approximate surface area is 114 Å². The molecule has 2 aliphatic rings. The lowest BCUT2D eigenvalue weighted by molar-refractivity contribution is -0.145. The van der Waals surface area contributed by atoms with Gasteiger partial charge in [0.1, 0.15) is 5.82 Å². The molecule has 1 aromatic heterocycles. The summed E-state index contributed by atoms with van der Waals surface area (Å²) in [7, 11) is 0. The molecular formula is C14H22N4O. The standard InChI is InChI=1S/C14H22N4O/c1-2-14(3-5-15-6-4-14)13(19)18-10-9-17-8-7-16-12(17)11-18/h7-8,15H,2-6,9-11H2,1H3. The van der Waals surface area contributed by atoms with Crippen molar-refractivity contribution in [2.24, 2.45) is 5.41 Å². The highest BCUT2D eigenvalue weighted by atomic mass is 16.2. The SMILES string of the molecule is CCC1(C(=O)N2CCn3ccnc3C2)CCNCC1. The molecule has 0 radical (unpaired) electrons. The fourth-order valence-electron chi connectivity index (χ4n) is 3.31. The predicted octanol–water partition coefficient (Wildman–Crippen LogP) is 1.01. The summed E-state index contributed by atoms with van der Waals surface area (Å²) in [6.45, 7) is 6.43. The van der Waals surface area contributed by atoms with Crippen LogP contribution in [0.3, 0.4) is 0 Å². The molecule has 19 heavy (non-hydrogen) atoms. The third-order valence-corrected chi connectivity index (χ3v) is 4.72. The van der Waals surface area contributed by atoms with Crippen LogP contribution < -0.4 is 5.32 Å². The minimum Gasteiger partial charge on any atom is -0.333 e. The largest absolute Gasteiger partial charge is 0.333 e. The Morgan fingerprint density at radius 2 is 2.21 bits per heavy atom. The summed E-state index contributed by atoms with van der Waals surface area (Å²) in [4.78, 5) is 19.2. The van der Waals surface area contributed by atoms with Gasteiger partial charge in [0.25, 0.3) is 0 Å². The van der Waals surface area contributed by atoms with Crippen molar-refractivity contribution in [2.45, 2.75) is 39.3 Å². The van der Waals surface area contributed by atoms with E-state index in [1.165, 1.54) is 0 Å². The first kappa shape index (κ1) is 12.7. The maximum absolute atomic E-state index is 12.9. The van der Waals surface area contributed by atoms with Gasteiger partial charge in [-0.15, -0.1) is 0 Å². The normalized spacial score (nSPS) is 22.1. The van der Waals surface area contributed by atoms with Gasteiger partial charge < -0.3 is 14.8 Å².